The summed E-state index contributed by atoms with van der Waals surface area (Å²) in [6.07, 6.45) is 0. The highest BCUT2D eigenvalue weighted by atomic mass is 127. The Balaban J connectivity index is 2.69. The van der Waals surface area contributed by atoms with Crippen LogP contribution in [0.3, 0.4) is 0 Å². The molecule has 0 aliphatic rings. The maximum Gasteiger partial charge on any atom is 0.234 e. The number of nitrogens with one attached hydrogen (secondary N) is 1. The summed E-state index contributed by atoms with van der Waals surface area (Å²) in [6.45, 7) is 0. The molecule has 0 spiro atoms. The van der Waals surface area contributed by atoms with Crippen LogP contribution in [0.25, 0.3) is 0 Å². The number of anilines is 1. The average molecular weight is 340 g/mol. The third kappa shape index (κ3) is 3.10. The first-order valence-corrected chi connectivity index (χ1v) is 5.65. The van der Waals surface area contributed by atoms with E-state index < -0.39 is 0 Å². The predicted molar refractivity (Wildman–Crippen MR) is 61.7 cm³/mol. The van der Waals surface area contributed by atoms with Gasteiger partial charge >= 0.3 is 0 Å². The topological polar surface area (TPSA) is 29.1 Å². The molecule has 0 heterocycles. The van der Waals surface area contributed by atoms with E-state index in [1.807, 2.05) is 46.9 Å². The van der Waals surface area contributed by atoms with E-state index in [9.17, 15) is 4.79 Å². The van der Waals surface area contributed by atoms with E-state index in [4.69, 9.17) is 0 Å². The summed E-state index contributed by atoms with van der Waals surface area (Å²) in [6, 6.07) is 7.52. The van der Waals surface area contributed by atoms with Crippen molar-refractivity contribution in [2.24, 2.45) is 0 Å². The molecule has 1 aromatic rings. The van der Waals surface area contributed by atoms with Crippen LogP contribution in [0.4, 0.5) is 5.69 Å². The van der Waals surface area contributed by atoms with Crippen LogP contribution in [0.2, 0.25) is 0 Å². The fraction of sp³-hybridized carbons (Fsp3) is 0.125. The molecule has 64 valence electrons. The van der Waals surface area contributed by atoms with Gasteiger partial charge in [0.05, 0.1) is 4.43 Å². The molecule has 1 rings (SSSR count). The van der Waals surface area contributed by atoms with Crippen LogP contribution in [-0.4, -0.2) is 10.3 Å². The van der Waals surface area contributed by atoms with Crippen LogP contribution in [0, 0.1) is 0 Å². The van der Waals surface area contributed by atoms with Crippen molar-refractivity contribution in [2.45, 2.75) is 0 Å². The molecular formula is C8H7BrINO. The Kier molecular flexibility index (Phi) is 4.00. The van der Waals surface area contributed by atoms with Gasteiger partial charge in [-0.3, -0.25) is 4.79 Å². The molecule has 12 heavy (non-hydrogen) atoms. The lowest BCUT2D eigenvalue weighted by Gasteiger charge is -2.02. The number of rotatable bonds is 2. The number of alkyl halides is 1. The SMILES string of the molecule is O=C(CI)Nc1cccc(Br)c1. The molecule has 0 aromatic heterocycles. The van der Waals surface area contributed by atoms with Crippen LogP contribution in [-0.2, 0) is 4.79 Å². The molecule has 2 nitrogen and oxygen atoms in total. The molecule has 0 saturated carbocycles. The van der Waals surface area contributed by atoms with E-state index in [0.29, 0.717) is 4.43 Å². The van der Waals surface area contributed by atoms with E-state index in [1.165, 1.54) is 0 Å². The van der Waals surface area contributed by atoms with E-state index in [-0.39, 0.29) is 5.91 Å². The maximum atomic E-state index is 11.0. The monoisotopic (exact) mass is 339 g/mol. The minimum absolute atomic E-state index is 0.0219. The summed E-state index contributed by atoms with van der Waals surface area (Å²) in [4.78, 5) is 11.0. The van der Waals surface area contributed by atoms with Gasteiger partial charge in [0, 0.05) is 10.2 Å². The van der Waals surface area contributed by atoms with Gasteiger partial charge < -0.3 is 5.32 Å². The van der Waals surface area contributed by atoms with Crippen LogP contribution >= 0.6 is 38.5 Å². The zero-order chi connectivity index (χ0) is 8.97. The highest BCUT2D eigenvalue weighted by molar-refractivity contribution is 14.1. The Morgan fingerprint density at radius 3 is 2.92 bits per heavy atom. The van der Waals surface area contributed by atoms with Crippen molar-refractivity contribution in [3.8, 4) is 0 Å². The van der Waals surface area contributed by atoms with Crippen molar-refractivity contribution < 1.29 is 4.79 Å². The lowest BCUT2D eigenvalue weighted by Crippen LogP contribution is -2.11. The quantitative estimate of drug-likeness (QED) is 0.651. The Morgan fingerprint density at radius 1 is 1.58 bits per heavy atom. The average Bonchev–Trinajstić information content (AvgIpc) is 2.04. The molecule has 1 amide bonds. The number of benzene rings is 1. The van der Waals surface area contributed by atoms with Gasteiger partial charge in [-0.2, -0.15) is 0 Å². The summed E-state index contributed by atoms with van der Waals surface area (Å²) in [5.74, 6) is 0.0219. The Hall–Kier alpha value is -0.100. The molecule has 0 aliphatic heterocycles. The molecule has 1 N–H and O–H groups in total. The molecule has 0 fully saturated rings. The summed E-state index contributed by atoms with van der Waals surface area (Å²) in [5.41, 5.74) is 0.825. The van der Waals surface area contributed by atoms with Gasteiger partial charge in [0.2, 0.25) is 5.91 Å². The van der Waals surface area contributed by atoms with Gasteiger partial charge in [-0.1, -0.05) is 44.6 Å². The molecule has 4 heteroatoms. The summed E-state index contributed by atoms with van der Waals surface area (Å²) in [7, 11) is 0. The molecule has 0 saturated heterocycles. The number of hydrogen-bond acceptors (Lipinski definition) is 1. The highest BCUT2D eigenvalue weighted by Gasteiger charge is 1.98. The molecule has 0 aliphatic carbocycles. The summed E-state index contributed by atoms with van der Waals surface area (Å²) >= 11 is 5.35. The number of carbonyl (C=O) groups is 1. The Morgan fingerprint density at radius 2 is 2.33 bits per heavy atom. The zero-order valence-corrected chi connectivity index (χ0v) is 9.92. The van der Waals surface area contributed by atoms with Crippen LogP contribution in [0.15, 0.2) is 28.7 Å². The van der Waals surface area contributed by atoms with Crippen LogP contribution in [0.1, 0.15) is 0 Å². The zero-order valence-electron chi connectivity index (χ0n) is 6.18. The highest BCUT2D eigenvalue weighted by Crippen LogP contribution is 2.15. The van der Waals surface area contributed by atoms with Crippen molar-refractivity contribution in [2.75, 3.05) is 9.74 Å². The van der Waals surface area contributed by atoms with Crippen molar-refractivity contribution in [3.63, 3.8) is 0 Å². The standard InChI is InChI=1S/C8H7BrINO/c9-6-2-1-3-7(4-6)11-8(12)5-10/h1-4H,5H2,(H,11,12). The predicted octanol–water partition coefficient (Wildman–Crippen LogP) is 2.82. The Labute approximate surface area is 93.0 Å². The molecule has 0 atom stereocenters. The first-order valence-electron chi connectivity index (χ1n) is 3.34. The summed E-state index contributed by atoms with van der Waals surface area (Å²) < 4.78 is 1.44. The van der Waals surface area contributed by atoms with Crippen LogP contribution in [0.5, 0.6) is 0 Å². The van der Waals surface area contributed by atoms with Crippen molar-refractivity contribution >= 4 is 50.1 Å². The van der Waals surface area contributed by atoms with Crippen molar-refractivity contribution in [3.05, 3.63) is 28.7 Å². The number of halogens is 2. The Bertz CT molecular complexity index is 290. The molecular weight excluding hydrogens is 333 g/mol. The maximum absolute atomic E-state index is 11.0. The van der Waals surface area contributed by atoms with Gasteiger partial charge in [-0.05, 0) is 18.2 Å². The van der Waals surface area contributed by atoms with Crippen LogP contribution < -0.4 is 5.32 Å². The molecule has 1 aromatic carbocycles. The van der Waals surface area contributed by atoms with Gasteiger partial charge in [0.1, 0.15) is 0 Å². The van der Waals surface area contributed by atoms with Crippen molar-refractivity contribution in [1.82, 2.24) is 0 Å². The number of amides is 1. The summed E-state index contributed by atoms with van der Waals surface area (Å²) in [5, 5.41) is 2.76. The normalized spacial score (nSPS) is 9.50. The second-order valence-electron chi connectivity index (χ2n) is 2.19. The molecule has 0 unspecified atom stereocenters. The number of carbonyl (C=O) groups excluding carboxylic acids is 1. The lowest BCUT2D eigenvalue weighted by atomic mass is 10.3. The second kappa shape index (κ2) is 4.81. The number of hydrogen-bond donors (Lipinski definition) is 1. The molecule has 0 bridgehead atoms. The second-order valence-corrected chi connectivity index (χ2v) is 3.87. The lowest BCUT2D eigenvalue weighted by molar-refractivity contribution is -0.113. The van der Waals surface area contributed by atoms with Gasteiger partial charge in [0.25, 0.3) is 0 Å². The third-order valence-corrected chi connectivity index (χ3v) is 2.42. The van der Waals surface area contributed by atoms with E-state index in [2.05, 4.69) is 21.2 Å². The first kappa shape index (κ1) is 9.98. The fourth-order valence-corrected chi connectivity index (χ4v) is 1.35. The minimum atomic E-state index is 0.0219. The van der Waals surface area contributed by atoms with E-state index >= 15 is 0 Å². The minimum Gasteiger partial charge on any atom is -0.325 e. The van der Waals surface area contributed by atoms with Gasteiger partial charge in [-0.15, -0.1) is 0 Å². The van der Waals surface area contributed by atoms with Gasteiger partial charge in [-0.25, -0.2) is 0 Å². The van der Waals surface area contributed by atoms with Gasteiger partial charge in [0.15, 0.2) is 0 Å². The molecule has 0 radical (unpaired) electrons. The smallest absolute Gasteiger partial charge is 0.234 e. The van der Waals surface area contributed by atoms with E-state index in [1.54, 1.807) is 0 Å². The largest absolute Gasteiger partial charge is 0.325 e. The van der Waals surface area contributed by atoms with Crippen molar-refractivity contribution in [1.29, 1.82) is 0 Å². The fourth-order valence-electron chi connectivity index (χ4n) is 0.761. The first-order chi connectivity index (χ1) is 5.72. The third-order valence-electron chi connectivity index (χ3n) is 1.23. The van der Waals surface area contributed by atoms with E-state index in [0.717, 1.165) is 10.2 Å².